The first-order chi connectivity index (χ1) is 11.0. The third kappa shape index (κ3) is 2.79. The highest BCUT2D eigenvalue weighted by atomic mass is 16.6. The number of rotatable bonds is 2. The van der Waals surface area contributed by atoms with Crippen LogP contribution in [-0.2, 0) is 16.0 Å². The van der Waals surface area contributed by atoms with Crippen LogP contribution in [0.25, 0.3) is 0 Å². The average Bonchev–Trinajstić information content (AvgIpc) is 2.55. The number of carbonyl (C=O) groups is 2. The van der Waals surface area contributed by atoms with Gasteiger partial charge in [-0.05, 0) is 42.8 Å². The molecule has 0 fully saturated rings. The Morgan fingerprint density at radius 3 is 2.61 bits per heavy atom. The highest BCUT2D eigenvalue weighted by molar-refractivity contribution is 6.02. The molecule has 1 amide bonds. The van der Waals surface area contributed by atoms with Crippen molar-refractivity contribution in [1.29, 1.82) is 5.26 Å². The molecule has 23 heavy (non-hydrogen) atoms. The second kappa shape index (κ2) is 5.58. The van der Waals surface area contributed by atoms with Crippen LogP contribution in [0.5, 0.6) is 0 Å². The number of ether oxygens (including phenoxy) is 1. The van der Waals surface area contributed by atoms with Gasteiger partial charge >= 0.3 is 5.97 Å². The van der Waals surface area contributed by atoms with Gasteiger partial charge in [0.05, 0.1) is 17.2 Å². The third-order valence-corrected chi connectivity index (χ3v) is 3.84. The number of nitrogens with zero attached hydrogens (tertiary/aromatic N) is 1. The lowest BCUT2D eigenvalue weighted by molar-refractivity contribution is -0.134. The Morgan fingerprint density at radius 2 is 1.91 bits per heavy atom. The van der Waals surface area contributed by atoms with Gasteiger partial charge in [-0.3, -0.25) is 4.79 Å². The molecule has 1 aliphatic rings. The number of nitrogens with one attached hydrogen (secondary N) is 1. The second-order valence-corrected chi connectivity index (χ2v) is 5.60. The van der Waals surface area contributed by atoms with E-state index in [0.29, 0.717) is 23.2 Å². The maximum absolute atomic E-state index is 12.5. The fourth-order valence-corrected chi connectivity index (χ4v) is 2.55. The number of hydrogen-bond acceptors (Lipinski definition) is 4. The van der Waals surface area contributed by atoms with E-state index in [1.54, 1.807) is 43.3 Å². The van der Waals surface area contributed by atoms with Crippen molar-refractivity contribution in [1.82, 2.24) is 0 Å². The van der Waals surface area contributed by atoms with Crippen molar-refractivity contribution in [3.8, 4) is 6.07 Å². The minimum Gasteiger partial charge on any atom is -0.445 e. The number of hydrogen-bond donors (Lipinski definition) is 1. The summed E-state index contributed by atoms with van der Waals surface area (Å²) in [6, 6.07) is 15.6. The molecular weight excluding hydrogens is 292 g/mol. The number of benzene rings is 2. The van der Waals surface area contributed by atoms with Gasteiger partial charge < -0.3 is 10.1 Å². The number of cyclic esters (lactones) is 1. The molecule has 5 heteroatoms. The van der Waals surface area contributed by atoms with Crippen LogP contribution in [-0.4, -0.2) is 17.5 Å². The zero-order valence-electron chi connectivity index (χ0n) is 12.5. The van der Waals surface area contributed by atoms with E-state index in [0.717, 1.165) is 5.56 Å². The maximum Gasteiger partial charge on any atom is 0.339 e. The molecule has 0 aliphatic carbocycles. The Morgan fingerprint density at radius 1 is 1.22 bits per heavy atom. The SMILES string of the molecule is CC1(C(=O)Nc2ccc(C#N)cc2)Cc2ccccc2C(=O)O1. The zero-order chi connectivity index (χ0) is 16.4. The van der Waals surface area contributed by atoms with E-state index >= 15 is 0 Å². The van der Waals surface area contributed by atoms with Gasteiger partial charge in [0.25, 0.3) is 5.91 Å². The molecule has 1 unspecified atom stereocenters. The lowest BCUT2D eigenvalue weighted by Gasteiger charge is -2.33. The van der Waals surface area contributed by atoms with E-state index in [4.69, 9.17) is 10.00 Å². The Hall–Kier alpha value is -3.13. The fourth-order valence-electron chi connectivity index (χ4n) is 2.55. The van der Waals surface area contributed by atoms with Crippen LogP contribution < -0.4 is 5.32 Å². The topological polar surface area (TPSA) is 79.2 Å². The summed E-state index contributed by atoms with van der Waals surface area (Å²) in [6.45, 7) is 1.60. The summed E-state index contributed by atoms with van der Waals surface area (Å²) in [5, 5.41) is 11.5. The van der Waals surface area contributed by atoms with Gasteiger partial charge in [-0.2, -0.15) is 5.26 Å². The molecule has 3 rings (SSSR count). The lowest BCUT2D eigenvalue weighted by Crippen LogP contribution is -2.48. The van der Waals surface area contributed by atoms with Crippen molar-refractivity contribution < 1.29 is 14.3 Å². The summed E-state index contributed by atoms with van der Waals surface area (Å²) < 4.78 is 5.38. The van der Waals surface area contributed by atoms with Crippen LogP contribution in [0.4, 0.5) is 5.69 Å². The Kier molecular flexibility index (Phi) is 3.59. The van der Waals surface area contributed by atoms with Crippen LogP contribution in [0.15, 0.2) is 48.5 Å². The number of amides is 1. The minimum absolute atomic E-state index is 0.316. The number of fused-ring (bicyclic) bond motifs is 1. The smallest absolute Gasteiger partial charge is 0.339 e. The highest BCUT2D eigenvalue weighted by Crippen LogP contribution is 2.29. The predicted molar refractivity (Wildman–Crippen MR) is 83.8 cm³/mol. The van der Waals surface area contributed by atoms with Crippen LogP contribution in [0, 0.1) is 11.3 Å². The van der Waals surface area contributed by atoms with E-state index in [-0.39, 0.29) is 0 Å². The van der Waals surface area contributed by atoms with Crippen molar-refractivity contribution in [2.24, 2.45) is 0 Å². The molecule has 0 bridgehead atoms. The number of carbonyl (C=O) groups excluding carboxylic acids is 2. The summed E-state index contributed by atoms with van der Waals surface area (Å²) >= 11 is 0. The molecular formula is C18H14N2O3. The summed E-state index contributed by atoms with van der Waals surface area (Å²) in [4.78, 5) is 24.6. The molecule has 114 valence electrons. The Balaban J connectivity index is 1.82. The van der Waals surface area contributed by atoms with Gasteiger partial charge in [-0.15, -0.1) is 0 Å². The molecule has 1 atom stereocenters. The first kappa shape index (κ1) is 14.8. The maximum atomic E-state index is 12.5. The molecule has 0 saturated heterocycles. The average molecular weight is 306 g/mol. The zero-order valence-corrected chi connectivity index (χ0v) is 12.5. The van der Waals surface area contributed by atoms with Crippen molar-refractivity contribution in [2.45, 2.75) is 18.9 Å². The lowest BCUT2D eigenvalue weighted by atomic mass is 9.89. The van der Waals surface area contributed by atoms with Gasteiger partial charge in [-0.25, -0.2) is 4.79 Å². The van der Waals surface area contributed by atoms with Gasteiger partial charge in [0.2, 0.25) is 0 Å². The van der Waals surface area contributed by atoms with Crippen molar-refractivity contribution in [3.05, 3.63) is 65.2 Å². The summed E-state index contributed by atoms with van der Waals surface area (Å²) in [5.41, 5.74) is 1.08. The summed E-state index contributed by atoms with van der Waals surface area (Å²) in [5.74, 6) is -0.894. The number of nitriles is 1. The first-order valence-corrected chi connectivity index (χ1v) is 7.15. The second-order valence-electron chi connectivity index (χ2n) is 5.60. The van der Waals surface area contributed by atoms with Crippen molar-refractivity contribution in [3.63, 3.8) is 0 Å². The standard InChI is InChI=1S/C18H14N2O3/c1-18(10-13-4-2-3-5-15(13)16(21)23-18)17(22)20-14-8-6-12(11-19)7-9-14/h2-9H,10H2,1H3,(H,20,22). The molecule has 0 radical (unpaired) electrons. The predicted octanol–water partition coefficient (Wildman–Crippen LogP) is 2.67. The van der Waals surface area contributed by atoms with Crippen LogP contribution >= 0.6 is 0 Å². The van der Waals surface area contributed by atoms with Crippen LogP contribution in [0.1, 0.15) is 28.4 Å². The number of anilines is 1. The monoisotopic (exact) mass is 306 g/mol. The van der Waals surface area contributed by atoms with E-state index in [2.05, 4.69) is 5.32 Å². The van der Waals surface area contributed by atoms with E-state index in [1.165, 1.54) is 0 Å². The van der Waals surface area contributed by atoms with Gasteiger partial charge in [0.1, 0.15) is 0 Å². The third-order valence-electron chi connectivity index (χ3n) is 3.84. The van der Waals surface area contributed by atoms with Gasteiger partial charge in [0, 0.05) is 12.1 Å². The van der Waals surface area contributed by atoms with Gasteiger partial charge in [0.15, 0.2) is 5.60 Å². The molecule has 2 aromatic rings. The largest absolute Gasteiger partial charge is 0.445 e. The molecule has 1 aliphatic heterocycles. The summed E-state index contributed by atoms with van der Waals surface area (Å²) in [6.07, 6.45) is 0.316. The van der Waals surface area contributed by atoms with Gasteiger partial charge in [-0.1, -0.05) is 18.2 Å². The van der Waals surface area contributed by atoms with E-state index < -0.39 is 17.5 Å². The Labute approximate surface area is 133 Å². The fraction of sp³-hybridized carbons (Fsp3) is 0.167. The summed E-state index contributed by atoms with van der Waals surface area (Å²) in [7, 11) is 0. The number of esters is 1. The van der Waals surface area contributed by atoms with Crippen molar-refractivity contribution in [2.75, 3.05) is 5.32 Å². The Bertz CT molecular complexity index is 821. The molecule has 0 saturated carbocycles. The molecule has 5 nitrogen and oxygen atoms in total. The van der Waals surface area contributed by atoms with E-state index in [9.17, 15) is 9.59 Å². The normalized spacial score (nSPS) is 19.2. The molecule has 2 aromatic carbocycles. The van der Waals surface area contributed by atoms with Crippen molar-refractivity contribution >= 4 is 17.6 Å². The van der Waals surface area contributed by atoms with Crippen LogP contribution in [0.2, 0.25) is 0 Å². The quantitative estimate of drug-likeness (QED) is 0.865. The molecule has 0 aromatic heterocycles. The minimum atomic E-state index is -1.26. The first-order valence-electron chi connectivity index (χ1n) is 7.15. The molecule has 1 N–H and O–H groups in total. The molecule has 0 spiro atoms. The van der Waals surface area contributed by atoms with Crippen LogP contribution in [0.3, 0.4) is 0 Å². The molecule has 1 heterocycles. The highest BCUT2D eigenvalue weighted by Gasteiger charge is 2.42. The van der Waals surface area contributed by atoms with E-state index in [1.807, 2.05) is 18.2 Å².